The molecule has 16 heavy (non-hydrogen) atoms. The van der Waals surface area contributed by atoms with Crippen LogP contribution in [0.15, 0.2) is 18.2 Å². The van der Waals surface area contributed by atoms with Crippen LogP contribution in [-0.4, -0.2) is 11.0 Å². The molecule has 1 atom stereocenters. The normalized spacial score (nSPS) is 12.4. The number of nitrogens with one attached hydrogen (secondary N) is 1. The summed E-state index contributed by atoms with van der Waals surface area (Å²) in [6.45, 7) is 4.60. The number of halogens is 1. The number of nitro groups is 1. The van der Waals surface area contributed by atoms with E-state index in [9.17, 15) is 10.1 Å². The van der Waals surface area contributed by atoms with Crippen molar-refractivity contribution in [1.29, 1.82) is 0 Å². The maximum absolute atomic E-state index is 10.8. The van der Waals surface area contributed by atoms with Crippen LogP contribution in [0, 0.1) is 10.1 Å². The van der Waals surface area contributed by atoms with Gasteiger partial charge in [-0.3, -0.25) is 10.1 Å². The number of nitro benzene ring substituents is 1. The average Bonchev–Trinajstić information content (AvgIpc) is 2.26. The second kappa shape index (κ2) is 5.82. The predicted molar refractivity (Wildman–Crippen MR) is 64.7 cm³/mol. The molecule has 0 aliphatic rings. The van der Waals surface area contributed by atoms with Gasteiger partial charge in [-0.2, -0.15) is 0 Å². The smallest absolute Gasteiger partial charge is 0.275 e. The summed E-state index contributed by atoms with van der Waals surface area (Å²) in [7, 11) is 0. The molecule has 4 nitrogen and oxygen atoms in total. The Hall–Kier alpha value is -1.13. The van der Waals surface area contributed by atoms with Gasteiger partial charge in [-0.15, -0.1) is 0 Å². The molecule has 0 fully saturated rings. The summed E-state index contributed by atoms with van der Waals surface area (Å²) in [5.74, 6) is 0. The van der Waals surface area contributed by atoms with E-state index in [4.69, 9.17) is 11.6 Å². The van der Waals surface area contributed by atoms with Crippen LogP contribution in [0.25, 0.3) is 0 Å². The van der Waals surface area contributed by atoms with E-state index < -0.39 is 4.92 Å². The van der Waals surface area contributed by atoms with E-state index >= 15 is 0 Å². The minimum Gasteiger partial charge on any atom is -0.310 e. The molecule has 1 aromatic carbocycles. The van der Waals surface area contributed by atoms with Crippen molar-refractivity contribution >= 4 is 17.3 Å². The highest BCUT2D eigenvalue weighted by molar-refractivity contribution is 6.30. The highest BCUT2D eigenvalue weighted by Gasteiger charge is 2.14. The van der Waals surface area contributed by atoms with Crippen LogP contribution in [0.2, 0.25) is 5.02 Å². The lowest BCUT2D eigenvalue weighted by molar-refractivity contribution is -0.385. The second-order valence-corrected chi connectivity index (χ2v) is 4.16. The molecule has 0 spiro atoms. The van der Waals surface area contributed by atoms with Crippen molar-refractivity contribution < 1.29 is 4.92 Å². The molecule has 0 amide bonds. The van der Waals surface area contributed by atoms with E-state index in [2.05, 4.69) is 12.2 Å². The lowest BCUT2D eigenvalue weighted by Crippen LogP contribution is -2.24. The van der Waals surface area contributed by atoms with Crippen molar-refractivity contribution in [2.75, 3.05) is 0 Å². The van der Waals surface area contributed by atoms with Gasteiger partial charge in [0.05, 0.1) is 4.92 Å². The monoisotopic (exact) mass is 242 g/mol. The molecule has 5 heteroatoms. The number of hydrogen-bond acceptors (Lipinski definition) is 3. The van der Waals surface area contributed by atoms with Gasteiger partial charge >= 0.3 is 0 Å². The van der Waals surface area contributed by atoms with E-state index in [0.29, 0.717) is 23.2 Å². The Bertz CT molecular complexity index is 382. The number of benzene rings is 1. The Balaban J connectivity index is 2.82. The predicted octanol–water partition coefficient (Wildman–Crippen LogP) is 3.14. The fourth-order valence-electron chi connectivity index (χ4n) is 1.28. The third-order valence-corrected chi connectivity index (χ3v) is 2.73. The van der Waals surface area contributed by atoms with Crippen LogP contribution >= 0.6 is 11.6 Å². The Morgan fingerprint density at radius 3 is 2.81 bits per heavy atom. The minimum absolute atomic E-state index is 0.0725. The summed E-state index contributed by atoms with van der Waals surface area (Å²) >= 11 is 5.73. The molecule has 1 N–H and O–H groups in total. The van der Waals surface area contributed by atoms with Crippen molar-refractivity contribution in [3.63, 3.8) is 0 Å². The molecule has 1 rings (SSSR count). The summed E-state index contributed by atoms with van der Waals surface area (Å²) in [6.07, 6.45) is 0.987. The lowest BCUT2D eigenvalue weighted by atomic mass is 10.1. The van der Waals surface area contributed by atoms with E-state index in [-0.39, 0.29) is 5.69 Å². The van der Waals surface area contributed by atoms with E-state index in [1.165, 1.54) is 6.07 Å². The van der Waals surface area contributed by atoms with Gasteiger partial charge in [0.1, 0.15) is 0 Å². The molecule has 0 bridgehead atoms. The molecule has 0 heterocycles. The fraction of sp³-hybridized carbons (Fsp3) is 0.455. The van der Waals surface area contributed by atoms with Crippen LogP contribution in [-0.2, 0) is 6.54 Å². The summed E-state index contributed by atoms with van der Waals surface area (Å²) < 4.78 is 0. The number of nitrogens with zero attached hydrogens (tertiary/aromatic N) is 1. The fourth-order valence-corrected chi connectivity index (χ4v) is 1.45. The zero-order valence-corrected chi connectivity index (χ0v) is 10.1. The van der Waals surface area contributed by atoms with E-state index in [1.54, 1.807) is 12.1 Å². The van der Waals surface area contributed by atoms with Crippen molar-refractivity contribution in [1.82, 2.24) is 5.32 Å². The maximum Gasteiger partial charge on any atom is 0.275 e. The summed E-state index contributed by atoms with van der Waals surface area (Å²) in [5.41, 5.74) is 0.734. The number of rotatable bonds is 5. The van der Waals surface area contributed by atoms with Crippen LogP contribution in [0.5, 0.6) is 0 Å². The standard InChI is InChI=1S/C11H15ClN2O2/c1-3-8(2)13-7-9-4-5-10(12)6-11(9)14(15)16/h4-6,8,13H,3,7H2,1-2H3. The van der Waals surface area contributed by atoms with Crippen LogP contribution in [0.1, 0.15) is 25.8 Å². The SMILES string of the molecule is CCC(C)NCc1ccc(Cl)cc1[N+](=O)[O-]. The molecule has 0 aliphatic carbocycles. The van der Waals surface area contributed by atoms with E-state index in [0.717, 1.165) is 6.42 Å². The first-order valence-electron chi connectivity index (χ1n) is 5.20. The molecule has 0 radical (unpaired) electrons. The number of hydrogen-bond donors (Lipinski definition) is 1. The van der Waals surface area contributed by atoms with Crippen LogP contribution < -0.4 is 5.32 Å². The summed E-state index contributed by atoms with van der Waals surface area (Å²) in [6, 6.07) is 5.09. The Morgan fingerprint density at radius 1 is 1.56 bits per heavy atom. The van der Waals surface area contributed by atoms with Gasteiger partial charge in [-0.1, -0.05) is 18.5 Å². The lowest BCUT2D eigenvalue weighted by Gasteiger charge is -2.11. The van der Waals surface area contributed by atoms with Crippen molar-refractivity contribution in [3.8, 4) is 0 Å². The maximum atomic E-state index is 10.8. The molecule has 1 unspecified atom stereocenters. The van der Waals surface area contributed by atoms with Gasteiger partial charge in [0.25, 0.3) is 5.69 Å². The Labute approximate surface area is 99.8 Å². The molecule has 0 aromatic heterocycles. The topological polar surface area (TPSA) is 55.2 Å². The van der Waals surface area contributed by atoms with Gasteiger partial charge in [-0.25, -0.2) is 0 Å². The van der Waals surface area contributed by atoms with Crippen molar-refractivity contribution in [2.45, 2.75) is 32.9 Å². The molecule has 88 valence electrons. The first-order valence-corrected chi connectivity index (χ1v) is 5.58. The second-order valence-electron chi connectivity index (χ2n) is 3.72. The minimum atomic E-state index is -0.403. The molecule has 0 aliphatic heterocycles. The van der Waals surface area contributed by atoms with Crippen molar-refractivity contribution in [3.05, 3.63) is 38.9 Å². The Morgan fingerprint density at radius 2 is 2.25 bits per heavy atom. The van der Waals surface area contributed by atoms with Crippen LogP contribution in [0.3, 0.4) is 0 Å². The van der Waals surface area contributed by atoms with Gasteiger partial charge in [0.15, 0.2) is 0 Å². The summed E-state index contributed by atoms with van der Waals surface area (Å²) in [4.78, 5) is 10.4. The third-order valence-electron chi connectivity index (χ3n) is 2.50. The van der Waals surface area contributed by atoms with E-state index in [1.807, 2.05) is 6.92 Å². The average molecular weight is 243 g/mol. The van der Waals surface area contributed by atoms with Crippen molar-refractivity contribution in [2.24, 2.45) is 0 Å². The largest absolute Gasteiger partial charge is 0.310 e. The first kappa shape index (κ1) is 12.9. The van der Waals surface area contributed by atoms with Crippen LogP contribution in [0.4, 0.5) is 5.69 Å². The van der Waals surface area contributed by atoms with Gasteiger partial charge in [-0.05, 0) is 25.5 Å². The zero-order chi connectivity index (χ0) is 12.1. The van der Waals surface area contributed by atoms with Gasteiger partial charge in [0, 0.05) is 29.2 Å². The molecule has 1 aromatic rings. The highest BCUT2D eigenvalue weighted by atomic mass is 35.5. The molecular formula is C11H15ClN2O2. The first-order chi connectivity index (χ1) is 7.54. The third kappa shape index (κ3) is 3.47. The highest BCUT2D eigenvalue weighted by Crippen LogP contribution is 2.23. The summed E-state index contributed by atoms with van der Waals surface area (Å²) in [5, 5.41) is 14.4. The van der Waals surface area contributed by atoms with Gasteiger partial charge < -0.3 is 5.32 Å². The molecule has 0 saturated heterocycles. The molecular weight excluding hydrogens is 228 g/mol. The quantitative estimate of drug-likeness (QED) is 0.638. The zero-order valence-electron chi connectivity index (χ0n) is 9.37. The van der Waals surface area contributed by atoms with Gasteiger partial charge in [0.2, 0.25) is 0 Å². The Kier molecular flexibility index (Phi) is 4.71. The molecule has 0 saturated carbocycles.